The SMILES string of the molecule is Cc1c(C(=O)OC2CCCCC2)sc(=O)n1-c1ccccc1. The van der Waals surface area contributed by atoms with E-state index in [1.807, 2.05) is 30.3 Å². The Bertz CT molecular complexity index is 711. The Labute approximate surface area is 133 Å². The first-order valence-corrected chi connectivity index (χ1v) is 8.47. The summed E-state index contributed by atoms with van der Waals surface area (Å²) in [6, 6.07) is 9.36. The summed E-state index contributed by atoms with van der Waals surface area (Å²) in [4.78, 5) is 24.9. The van der Waals surface area contributed by atoms with Gasteiger partial charge < -0.3 is 4.74 Å². The summed E-state index contributed by atoms with van der Waals surface area (Å²) >= 11 is 0.965. The van der Waals surface area contributed by atoms with E-state index in [2.05, 4.69) is 0 Å². The van der Waals surface area contributed by atoms with Crippen molar-refractivity contribution in [3.63, 3.8) is 0 Å². The van der Waals surface area contributed by atoms with Crippen molar-refractivity contribution >= 4 is 17.3 Å². The number of ether oxygens (including phenoxy) is 1. The van der Waals surface area contributed by atoms with E-state index >= 15 is 0 Å². The maximum absolute atomic E-state index is 12.4. The van der Waals surface area contributed by atoms with Crippen LogP contribution in [0.2, 0.25) is 0 Å². The molecule has 5 heteroatoms. The molecule has 1 fully saturated rings. The molecule has 1 aromatic carbocycles. The standard InChI is InChI=1S/C17H19NO3S/c1-12-15(16(19)21-14-10-6-3-7-11-14)22-17(20)18(12)13-8-4-2-5-9-13/h2,4-5,8-9,14H,3,6-7,10-11H2,1H3. The first-order valence-electron chi connectivity index (χ1n) is 7.65. The second kappa shape index (κ2) is 6.48. The van der Waals surface area contributed by atoms with Crippen molar-refractivity contribution < 1.29 is 9.53 Å². The van der Waals surface area contributed by atoms with Gasteiger partial charge >= 0.3 is 10.8 Å². The summed E-state index contributed by atoms with van der Waals surface area (Å²) in [5.74, 6) is -0.360. The Balaban J connectivity index is 1.86. The molecule has 0 spiro atoms. The van der Waals surface area contributed by atoms with Crippen LogP contribution in [0.4, 0.5) is 0 Å². The average Bonchev–Trinajstić information content (AvgIpc) is 2.84. The monoisotopic (exact) mass is 317 g/mol. The third-order valence-electron chi connectivity index (χ3n) is 4.06. The van der Waals surface area contributed by atoms with Gasteiger partial charge in [-0.25, -0.2) is 4.79 Å². The molecule has 22 heavy (non-hydrogen) atoms. The Morgan fingerprint density at radius 1 is 1.18 bits per heavy atom. The molecule has 1 heterocycles. The summed E-state index contributed by atoms with van der Waals surface area (Å²) in [5.41, 5.74) is 1.43. The predicted octanol–water partition coefficient (Wildman–Crippen LogP) is 3.70. The van der Waals surface area contributed by atoms with Crippen LogP contribution in [-0.4, -0.2) is 16.6 Å². The van der Waals surface area contributed by atoms with E-state index in [0.717, 1.165) is 42.7 Å². The smallest absolute Gasteiger partial charge is 0.350 e. The molecule has 0 saturated heterocycles. The van der Waals surface area contributed by atoms with Crippen LogP contribution >= 0.6 is 11.3 Å². The van der Waals surface area contributed by atoms with Crippen LogP contribution in [0.15, 0.2) is 35.1 Å². The van der Waals surface area contributed by atoms with E-state index in [1.54, 1.807) is 11.5 Å². The van der Waals surface area contributed by atoms with E-state index < -0.39 is 0 Å². The lowest BCUT2D eigenvalue weighted by Gasteiger charge is -2.21. The lowest BCUT2D eigenvalue weighted by molar-refractivity contribution is 0.0215. The second-order valence-corrected chi connectivity index (χ2v) is 6.58. The molecule has 0 atom stereocenters. The van der Waals surface area contributed by atoms with Crippen LogP contribution in [0.5, 0.6) is 0 Å². The first-order chi connectivity index (χ1) is 10.7. The van der Waals surface area contributed by atoms with Crippen molar-refractivity contribution in [2.24, 2.45) is 0 Å². The average molecular weight is 317 g/mol. The third-order valence-corrected chi connectivity index (χ3v) is 5.09. The lowest BCUT2D eigenvalue weighted by atomic mass is 9.98. The van der Waals surface area contributed by atoms with Gasteiger partial charge in [-0.2, -0.15) is 0 Å². The molecule has 4 nitrogen and oxygen atoms in total. The zero-order chi connectivity index (χ0) is 15.5. The van der Waals surface area contributed by atoms with Crippen molar-refractivity contribution in [3.8, 4) is 5.69 Å². The zero-order valence-electron chi connectivity index (χ0n) is 12.6. The molecule has 0 aliphatic heterocycles. The predicted molar refractivity (Wildman–Crippen MR) is 86.9 cm³/mol. The number of esters is 1. The molecule has 1 aliphatic rings. The molecule has 0 N–H and O–H groups in total. The molecule has 116 valence electrons. The normalized spacial score (nSPS) is 15.7. The molecule has 1 aromatic heterocycles. The van der Waals surface area contributed by atoms with E-state index in [1.165, 1.54) is 6.42 Å². The van der Waals surface area contributed by atoms with Crippen molar-refractivity contribution in [1.29, 1.82) is 0 Å². The van der Waals surface area contributed by atoms with Crippen molar-refractivity contribution in [2.45, 2.75) is 45.1 Å². The quantitative estimate of drug-likeness (QED) is 0.811. The lowest BCUT2D eigenvalue weighted by Crippen LogP contribution is -2.21. The van der Waals surface area contributed by atoms with Crippen LogP contribution < -0.4 is 4.87 Å². The van der Waals surface area contributed by atoms with Gasteiger partial charge in [0.15, 0.2) is 0 Å². The van der Waals surface area contributed by atoms with Crippen molar-refractivity contribution in [1.82, 2.24) is 4.57 Å². The molecule has 3 rings (SSSR count). The largest absolute Gasteiger partial charge is 0.458 e. The van der Waals surface area contributed by atoms with Crippen LogP contribution in [0, 0.1) is 6.92 Å². The van der Waals surface area contributed by atoms with Crippen LogP contribution in [0.25, 0.3) is 5.69 Å². The number of para-hydroxylation sites is 1. The van der Waals surface area contributed by atoms with Gasteiger partial charge in [-0.15, -0.1) is 0 Å². The highest BCUT2D eigenvalue weighted by molar-refractivity contribution is 7.11. The Morgan fingerprint density at radius 2 is 1.86 bits per heavy atom. The van der Waals surface area contributed by atoms with Crippen LogP contribution in [0.1, 0.15) is 47.5 Å². The minimum Gasteiger partial charge on any atom is -0.458 e. The number of hydrogen-bond donors (Lipinski definition) is 0. The van der Waals surface area contributed by atoms with Gasteiger partial charge in [0.25, 0.3) is 0 Å². The number of carbonyl (C=O) groups is 1. The molecule has 0 bridgehead atoms. The Hall–Kier alpha value is -1.88. The molecular formula is C17H19NO3S. The van der Waals surface area contributed by atoms with Gasteiger partial charge in [-0.3, -0.25) is 9.36 Å². The summed E-state index contributed by atoms with van der Waals surface area (Å²) < 4.78 is 7.15. The van der Waals surface area contributed by atoms with Gasteiger partial charge in [-0.1, -0.05) is 36.0 Å². The van der Waals surface area contributed by atoms with E-state index in [-0.39, 0.29) is 16.9 Å². The van der Waals surface area contributed by atoms with Gasteiger partial charge in [-0.05, 0) is 44.7 Å². The van der Waals surface area contributed by atoms with Gasteiger partial charge in [0.2, 0.25) is 0 Å². The molecule has 0 unspecified atom stereocenters. The highest BCUT2D eigenvalue weighted by Crippen LogP contribution is 2.23. The molecule has 2 aromatic rings. The maximum atomic E-state index is 12.4. The highest BCUT2D eigenvalue weighted by Gasteiger charge is 2.24. The number of nitrogens with zero attached hydrogens (tertiary/aromatic N) is 1. The molecule has 1 aliphatic carbocycles. The van der Waals surface area contributed by atoms with Gasteiger partial charge in [0.1, 0.15) is 11.0 Å². The molecular weight excluding hydrogens is 298 g/mol. The topological polar surface area (TPSA) is 48.3 Å². The van der Waals surface area contributed by atoms with Crippen LogP contribution in [-0.2, 0) is 4.74 Å². The number of rotatable bonds is 3. The third kappa shape index (κ3) is 2.99. The fraction of sp³-hybridized carbons (Fsp3) is 0.412. The fourth-order valence-corrected chi connectivity index (χ4v) is 3.78. The minimum atomic E-state index is -0.360. The number of benzene rings is 1. The highest BCUT2D eigenvalue weighted by atomic mass is 32.1. The van der Waals surface area contributed by atoms with Crippen molar-refractivity contribution in [2.75, 3.05) is 0 Å². The summed E-state index contributed by atoms with van der Waals surface area (Å²) in [6.07, 6.45) is 5.29. The summed E-state index contributed by atoms with van der Waals surface area (Å²) in [5, 5.41) is 0. The Kier molecular flexibility index (Phi) is 4.43. The number of carbonyl (C=O) groups excluding carboxylic acids is 1. The summed E-state index contributed by atoms with van der Waals surface area (Å²) in [7, 11) is 0. The Morgan fingerprint density at radius 3 is 2.55 bits per heavy atom. The maximum Gasteiger partial charge on any atom is 0.350 e. The van der Waals surface area contributed by atoms with E-state index in [9.17, 15) is 9.59 Å². The zero-order valence-corrected chi connectivity index (χ0v) is 13.4. The summed E-state index contributed by atoms with van der Waals surface area (Å²) in [6.45, 7) is 1.79. The molecule has 1 saturated carbocycles. The minimum absolute atomic E-state index is 0.00280. The van der Waals surface area contributed by atoms with Crippen LogP contribution in [0.3, 0.4) is 0 Å². The van der Waals surface area contributed by atoms with Crippen molar-refractivity contribution in [3.05, 3.63) is 50.6 Å². The van der Waals surface area contributed by atoms with Gasteiger partial charge in [0, 0.05) is 11.4 Å². The second-order valence-electron chi connectivity index (χ2n) is 5.62. The number of aromatic nitrogens is 1. The first kappa shape index (κ1) is 15.0. The fourth-order valence-electron chi connectivity index (χ4n) is 2.90. The molecule has 0 radical (unpaired) electrons. The van der Waals surface area contributed by atoms with E-state index in [0.29, 0.717) is 10.6 Å². The van der Waals surface area contributed by atoms with Gasteiger partial charge in [0.05, 0.1) is 0 Å². The van der Waals surface area contributed by atoms with E-state index in [4.69, 9.17) is 4.74 Å². The number of hydrogen-bond acceptors (Lipinski definition) is 4. The molecule has 0 amide bonds. The number of thiazole rings is 1.